The molecule has 1 aromatic carbocycles. The van der Waals surface area contributed by atoms with E-state index < -0.39 is 0 Å². The van der Waals surface area contributed by atoms with Gasteiger partial charge in [0.05, 0.1) is 5.71 Å². The molecule has 1 aromatic rings. The summed E-state index contributed by atoms with van der Waals surface area (Å²) in [7, 11) is 10.8. The monoisotopic (exact) mass is 461 g/mol. The first-order valence-electron chi connectivity index (χ1n) is 10.1. The number of nitrogens with zero attached hydrogens (tertiary/aromatic N) is 5. The van der Waals surface area contributed by atoms with Crippen molar-refractivity contribution < 1.29 is 14.3 Å². The van der Waals surface area contributed by atoms with Crippen molar-refractivity contribution in [3.05, 3.63) is 48.7 Å². The lowest BCUT2D eigenvalue weighted by atomic mass is 10.1. The Morgan fingerprint density at radius 1 is 0.938 bits per heavy atom. The molecule has 0 aromatic heterocycles. The van der Waals surface area contributed by atoms with Gasteiger partial charge in [-0.25, -0.2) is 0 Å². The first-order valence-corrected chi connectivity index (χ1v) is 10.9. The van der Waals surface area contributed by atoms with Gasteiger partial charge in [-0.3, -0.25) is 4.79 Å². The second-order valence-corrected chi connectivity index (χ2v) is 8.95. The Balaban J connectivity index is 3.35. The minimum absolute atomic E-state index is 0.0533. The number of hydrogen-bond acceptors (Lipinski definition) is 8. The van der Waals surface area contributed by atoms with Crippen molar-refractivity contribution in [2.24, 2.45) is 16.1 Å². The van der Waals surface area contributed by atoms with E-state index in [9.17, 15) is 4.79 Å². The topological polar surface area (TPSA) is 70.0 Å². The van der Waals surface area contributed by atoms with Crippen molar-refractivity contribution in [1.29, 1.82) is 0 Å². The summed E-state index contributed by atoms with van der Waals surface area (Å²) in [4.78, 5) is 17.1. The van der Waals surface area contributed by atoms with E-state index in [1.807, 2.05) is 61.1 Å². The van der Waals surface area contributed by atoms with Crippen LogP contribution in [0.2, 0.25) is 0 Å². The van der Waals surface area contributed by atoms with Crippen molar-refractivity contribution in [2.45, 2.75) is 20.8 Å². The summed E-state index contributed by atoms with van der Waals surface area (Å²) in [6.07, 6.45) is 0. The van der Waals surface area contributed by atoms with E-state index >= 15 is 0 Å². The van der Waals surface area contributed by atoms with Crippen LogP contribution in [0.25, 0.3) is 0 Å². The fraction of sp³-hybridized carbons (Fsp3) is 0.435. The normalized spacial score (nSPS) is 11.8. The summed E-state index contributed by atoms with van der Waals surface area (Å²) >= 11 is 1.07. The van der Waals surface area contributed by atoms with Crippen LogP contribution < -0.4 is 9.47 Å². The fourth-order valence-corrected chi connectivity index (χ4v) is 2.69. The van der Waals surface area contributed by atoms with E-state index in [0.717, 1.165) is 17.3 Å². The summed E-state index contributed by atoms with van der Waals surface area (Å²) in [6, 6.07) is 5.42. The van der Waals surface area contributed by atoms with Gasteiger partial charge in [-0.2, -0.15) is 5.10 Å². The molecule has 176 valence electrons. The van der Waals surface area contributed by atoms with Crippen LogP contribution in [0.5, 0.6) is 11.5 Å². The zero-order valence-corrected chi connectivity index (χ0v) is 21.4. The van der Waals surface area contributed by atoms with E-state index in [4.69, 9.17) is 9.47 Å². The van der Waals surface area contributed by atoms with Crippen LogP contribution >= 0.6 is 11.8 Å². The molecule has 0 aliphatic carbocycles. The van der Waals surface area contributed by atoms with E-state index in [2.05, 4.69) is 23.4 Å². The molecule has 0 saturated heterocycles. The molecule has 32 heavy (non-hydrogen) atoms. The van der Waals surface area contributed by atoms with Gasteiger partial charge in [-0.1, -0.05) is 13.8 Å². The number of benzene rings is 1. The molecule has 0 spiro atoms. The molecule has 0 heterocycles. The first-order chi connectivity index (χ1) is 14.8. The number of thioether (sulfide) groups is 1. The third-order valence-electron chi connectivity index (χ3n) is 4.15. The van der Waals surface area contributed by atoms with Crippen LogP contribution in [0, 0.1) is 5.92 Å². The summed E-state index contributed by atoms with van der Waals surface area (Å²) in [5.74, 6) is 2.10. The molecule has 0 radical (unpaired) electrons. The zero-order valence-electron chi connectivity index (χ0n) is 20.6. The summed E-state index contributed by atoms with van der Waals surface area (Å²) in [5.41, 5.74) is 1.35. The maximum Gasteiger partial charge on any atom is 0.287 e. The standard InChI is InChI=1S/C23H35N5O3S/c1-15(2)22(32-23(29)28(10)11)25-24-16(3)20-13-12-19(30-17(4)26(6)7)14-21(20)31-18(5)27(8)9/h12-15H,4-5H2,1-3,6-11H3/b24-16+,25-22+. The number of carbonyl (C=O) groups is 1. The van der Waals surface area contributed by atoms with Crippen LogP contribution in [0.3, 0.4) is 0 Å². The van der Waals surface area contributed by atoms with Gasteiger partial charge in [-0.15, -0.1) is 5.10 Å². The quantitative estimate of drug-likeness (QED) is 0.230. The minimum atomic E-state index is -0.0979. The second-order valence-electron chi connectivity index (χ2n) is 7.98. The molecule has 0 fully saturated rings. The number of carbonyl (C=O) groups excluding carboxylic acids is 1. The predicted octanol–water partition coefficient (Wildman–Crippen LogP) is 4.70. The van der Waals surface area contributed by atoms with Gasteiger partial charge in [0, 0.05) is 59.8 Å². The van der Waals surface area contributed by atoms with E-state index in [0.29, 0.717) is 34.0 Å². The van der Waals surface area contributed by atoms with Gasteiger partial charge in [0.15, 0.2) is 11.8 Å². The SMILES string of the molecule is C=C(Oc1ccc(/C(C)=N/N=C(/SC(=O)N(C)C)C(C)C)c(OC(=C)N(C)C)c1)N(C)C. The molecular formula is C23H35N5O3S. The van der Waals surface area contributed by atoms with Gasteiger partial charge in [0.2, 0.25) is 0 Å². The summed E-state index contributed by atoms with van der Waals surface area (Å²) in [6.45, 7) is 13.6. The van der Waals surface area contributed by atoms with Crippen molar-refractivity contribution >= 4 is 27.8 Å². The lowest BCUT2D eigenvalue weighted by molar-refractivity contribution is 0.241. The second kappa shape index (κ2) is 12.2. The van der Waals surface area contributed by atoms with Gasteiger partial charge < -0.3 is 24.2 Å². The Labute approximate surface area is 196 Å². The summed E-state index contributed by atoms with van der Waals surface area (Å²) < 4.78 is 11.8. The third-order valence-corrected chi connectivity index (χ3v) is 5.46. The zero-order chi connectivity index (χ0) is 24.6. The van der Waals surface area contributed by atoms with Gasteiger partial charge in [0.25, 0.3) is 5.24 Å². The largest absolute Gasteiger partial charge is 0.442 e. The molecule has 0 saturated carbocycles. The van der Waals surface area contributed by atoms with Crippen LogP contribution in [-0.4, -0.2) is 73.0 Å². The van der Waals surface area contributed by atoms with Crippen molar-refractivity contribution in [1.82, 2.24) is 14.7 Å². The molecule has 0 atom stereocenters. The molecule has 0 aliphatic rings. The Bertz CT molecular complexity index is 905. The van der Waals surface area contributed by atoms with E-state index in [-0.39, 0.29) is 11.2 Å². The molecule has 0 bridgehead atoms. The van der Waals surface area contributed by atoms with Crippen molar-refractivity contribution in [2.75, 3.05) is 42.3 Å². The van der Waals surface area contributed by atoms with Crippen LogP contribution in [-0.2, 0) is 0 Å². The van der Waals surface area contributed by atoms with Gasteiger partial charge in [-0.05, 0) is 44.0 Å². The maximum absolute atomic E-state index is 12.1. The number of amides is 1. The third kappa shape index (κ3) is 8.30. The van der Waals surface area contributed by atoms with Crippen LogP contribution in [0.4, 0.5) is 4.79 Å². The first kappa shape index (κ1) is 27.1. The molecule has 1 amide bonds. The highest BCUT2D eigenvalue weighted by Gasteiger charge is 2.16. The highest BCUT2D eigenvalue weighted by molar-refractivity contribution is 8.26. The Kier molecular flexibility index (Phi) is 10.3. The number of ether oxygens (including phenoxy) is 2. The fourth-order valence-electron chi connectivity index (χ4n) is 2.01. The lowest BCUT2D eigenvalue weighted by Gasteiger charge is -2.20. The Morgan fingerprint density at radius 2 is 1.50 bits per heavy atom. The molecule has 1 rings (SSSR count). The molecule has 0 aliphatic heterocycles. The number of hydrogen-bond donors (Lipinski definition) is 0. The summed E-state index contributed by atoms with van der Waals surface area (Å²) in [5, 5.41) is 9.27. The smallest absolute Gasteiger partial charge is 0.287 e. The van der Waals surface area contributed by atoms with Crippen molar-refractivity contribution in [3.63, 3.8) is 0 Å². The lowest BCUT2D eigenvalue weighted by Crippen LogP contribution is -2.19. The molecule has 9 heteroatoms. The highest BCUT2D eigenvalue weighted by atomic mass is 32.2. The Hall–Kier alpha value is -2.94. The van der Waals surface area contributed by atoms with E-state index in [1.54, 1.807) is 30.0 Å². The van der Waals surface area contributed by atoms with Crippen LogP contribution in [0.15, 0.2) is 53.3 Å². The van der Waals surface area contributed by atoms with Crippen molar-refractivity contribution in [3.8, 4) is 11.5 Å². The average Bonchev–Trinajstić information content (AvgIpc) is 2.70. The van der Waals surface area contributed by atoms with E-state index in [1.165, 1.54) is 4.90 Å². The molecule has 8 nitrogen and oxygen atoms in total. The maximum atomic E-state index is 12.1. The van der Waals surface area contributed by atoms with Gasteiger partial charge in [0.1, 0.15) is 16.5 Å². The van der Waals surface area contributed by atoms with Crippen LogP contribution in [0.1, 0.15) is 26.3 Å². The Morgan fingerprint density at radius 3 is 2.00 bits per heavy atom. The molecular weight excluding hydrogens is 426 g/mol. The predicted molar refractivity (Wildman–Crippen MR) is 135 cm³/mol. The van der Waals surface area contributed by atoms with Gasteiger partial charge >= 0.3 is 0 Å². The number of rotatable bonds is 9. The molecule has 0 unspecified atom stereocenters. The molecule has 0 N–H and O–H groups in total. The average molecular weight is 462 g/mol. The minimum Gasteiger partial charge on any atom is -0.442 e. The highest BCUT2D eigenvalue weighted by Crippen LogP contribution is 2.29.